The van der Waals surface area contributed by atoms with Crippen molar-refractivity contribution in [3.8, 4) is 0 Å². The lowest BCUT2D eigenvalue weighted by Crippen LogP contribution is -2.37. The molecule has 1 N–H and O–H groups in total. The molecule has 0 heterocycles. The SMILES string of the molecule is C=C(CNC(C)(C)C)COC(C)CCC. The van der Waals surface area contributed by atoms with Crippen molar-refractivity contribution in [3.63, 3.8) is 0 Å². The second-order valence-electron chi connectivity index (χ2n) is 5.26. The monoisotopic (exact) mass is 213 g/mol. The summed E-state index contributed by atoms with van der Waals surface area (Å²) < 4.78 is 5.67. The van der Waals surface area contributed by atoms with Crippen LogP contribution >= 0.6 is 0 Å². The summed E-state index contributed by atoms with van der Waals surface area (Å²) in [6.07, 6.45) is 2.65. The molecular formula is C13H27NO. The van der Waals surface area contributed by atoms with Crippen LogP contribution in [0.4, 0.5) is 0 Å². The van der Waals surface area contributed by atoms with Gasteiger partial charge in [0.25, 0.3) is 0 Å². The number of rotatable bonds is 7. The molecule has 0 saturated heterocycles. The third-order valence-corrected chi connectivity index (χ3v) is 2.14. The Balaban J connectivity index is 3.58. The van der Waals surface area contributed by atoms with E-state index < -0.39 is 0 Å². The van der Waals surface area contributed by atoms with Crippen LogP contribution in [0.2, 0.25) is 0 Å². The van der Waals surface area contributed by atoms with Crippen molar-refractivity contribution in [2.75, 3.05) is 13.2 Å². The summed E-state index contributed by atoms with van der Waals surface area (Å²) in [5, 5.41) is 3.40. The summed E-state index contributed by atoms with van der Waals surface area (Å²) in [6.45, 7) is 16.3. The molecule has 1 atom stereocenters. The zero-order valence-corrected chi connectivity index (χ0v) is 11.0. The van der Waals surface area contributed by atoms with E-state index in [2.05, 4.69) is 46.5 Å². The molecule has 2 heteroatoms. The zero-order chi connectivity index (χ0) is 11.9. The molecule has 0 amide bonds. The Kier molecular flexibility index (Phi) is 6.86. The molecule has 0 aromatic carbocycles. The van der Waals surface area contributed by atoms with Gasteiger partial charge in [-0.1, -0.05) is 19.9 Å². The van der Waals surface area contributed by atoms with Crippen LogP contribution in [0.5, 0.6) is 0 Å². The number of nitrogens with one attached hydrogen (secondary N) is 1. The molecule has 0 spiro atoms. The van der Waals surface area contributed by atoms with E-state index in [4.69, 9.17) is 4.74 Å². The van der Waals surface area contributed by atoms with Crippen LogP contribution in [0, 0.1) is 0 Å². The molecule has 0 aliphatic rings. The molecule has 0 rings (SSSR count). The van der Waals surface area contributed by atoms with Crippen LogP contribution in [0.25, 0.3) is 0 Å². The first-order valence-corrected chi connectivity index (χ1v) is 5.88. The van der Waals surface area contributed by atoms with E-state index in [0.29, 0.717) is 12.7 Å². The zero-order valence-electron chi connectivity index (χ0n) is 11.0. The summed E-state index contributed by atoms with van der Waals surface area (Å²) >= 11 is 0. The predicted molar refractivity (Wildman–Crippen MR) is 67.2 cm³/mol. The maximum atomic E-state index is 5.67. The Bertz CT molecular complexity index is 181. The highest BCUT2D eigenvalue weighted by Crippen LogP contribution is 2.04. The van der Waals surface area contributed by atoms with Gasteiger partial charge in [-0.25, -0.2) is 0 Å². The fourth-order valence-corrected chi connectivity index (χ4v) is 1.19. The van der Waals surface area contributed by atoms with Gasteiger partial charge in [-0.05, 0) is 39.7 Å². The summed E-state index contributed by atoms with van der Waals surface area (Å²) in [5.74, 6) is 0. The van der Waals surface area contributed by atoms with Gasteiger partial charge in [-0.2, -0.15) is 0 Å². The maximum Gasteiger partial charge on any atom is 0.0690 e. The Labute approximate surface area is 95.1 Å². The lowest BCUT2D eigenvalue weighted by molar-refractivity contribution is 0.0756. The lowest BCUT2D eigenvalue weighted by Gasteiger charge is -2.22. The van der Waals surface area contributed by atoms with E-state index >= 15 is 0 Å². The normalized spacial score (nSPS) is 13.9. The van der Waals surface area contributed by atoms with E-state index in [1.807, 2.05) is 0 Å². The van der Waals surface area contributed by atoms with Crippen LogP contribution in [0.1, 0.15) is 47.5 Å². The van der Waals surface area contributed by atoms with E-state index in [9.17, 15) is 0 Å². The van der Waals surface area contributed by atoms with Gasteiger partial charge in [0.15, 0.2) is 0 Å². The van der Waals surface area contributed by atoms with Gasteiger partial charge in [0, 0.05) is 12.1 Å². The number of hydrogen-bond donors (Lipinski definition) is 1. The number of ether oxygens (including phenoxy) is 1. The van der Waals surface area contributed by atoms with Crippen LogP contribution < -0.4 is 5.32 Å². The van der Waals surface area contributed by atoms with Crippen molar-refractivity contribution in [3.05, 3.63) is 12.2 Å². The van der Waals surface area contributed by atoms with Crippen molar-refractivity contribution in [2.24, 2.45) is 0 Å². The average molecular weight is 213 g/mol. The van der Waals surface area contributed by atoms with Crippen molar-refractivity contribution >= 4 is 0 Å². The first kappa shape index (κ1) is 14.7. The molecule has 2 nitrogen and oxygen atoms in total. The van der Waals surface area contributed by atoms with Crippen LogP contribution in [-0.4, -0.2) is 24.8 Å². The Morgan fingerprint density at radius 3 is 2.47 bits per heavy atom. The fourth-order valence-electron chi connectivity index (χ4n) is 1.19. The van der Waals surface area contributed by atoms with E-state index in [1.165, 1.54) is 6.42 Å². The minimum atomic E-state index is 0.151. The largest absolute Gasteiger partial charge is 0.374 e. The van der Waals surface area contributed by atoms with Crippen molar-refractivity contribution in [1.29, 1.82) is 0 Å². The van der Waals surface area contributed by atoms with Gasteiger partial charge in [-0.3, -0.25) is 0 Å². The highest BCUT2D eigenvalue weighted by molar-refractivity contribution is 4.98. The molecule has 0 bridgehead atoms. The minimum Gasteiger partial charge on any atom is -0.374 e. The Hall–Kier alpha value is -0.340. The molecular weight excluding hydrogens is 186 g/mol. The third kappa shape index (κ3) is 9.95. The number of hydrogen-bond acceptors (Lipinski definition) is 2. The van der Waals surface area contributed by atoms with Gasteiger partial charge in [0.1, 0.15) is 0 Å². The molecule has 0 aliphatic heterocycles. The molecule has 0 aromatic heterocycles. The quantitative estimate of drug-likeness (QED) is 0.656. The maximum absolute atomic E-state index is 5.67. The second kappa shape index (κ2) is 7.02. The average Bonchev–Trinajstić information content (AvgIpc) is 2.11. The highest BCUT2D eigenvalue weighted by atomic mass is 16.5. The van der Waals surface area contributed by atoms with Crippen molar-refractivity contribution in [1.82, 2.24) is 5.32 Å². The van der Waals surface area contributed by atoms with Crippen LogP contribution in [0.15, 0.2) is 12.2 Å². The van der Waals surface area contributed by atoms with Gasteiger partial charge in [0.05, 0.1) is 12.7 Å². The Morgan fingerprint density at radius 1 is 1.40 bits per heavy atom. The standard InChI is InChI=1S/C13H27NO/c1-7-8-12(3)15-10-11(2)9-14-13(4,5)6/h12,14H,2,7-10H2,1,3-6H3. The molecule has 0 fully saturated rings. The predicted octanol–water partition coefficient (Wildman–Crippen LogP) is 3.14. The summed E-state index contributed by atoms with van der Waals surface area (Å²) in [7, 11) is 0. The third-order valence-electron chi connectivity index (χ3n) is 2.14. The lowest BCUT2D eigenvalue weighted by atomic mass is 10.1. The molecule has 15 heavy (non-hydrogen) atoms. The van der Waals surface area contributed by atoms with Gasteiger partial charge in [-0.15, -0.1) is 0 Å². The van der Waals surface area contributed by atoms with Gasteiger partial charge >= 0.3 is 0 Å². The second-order valence-corrected chi connectivity index (χ2v) is 5.26. The first-order chi connectivity index (χ1) is 6.85. The van der Waals surface area contributed by atoms with Gasteiger partial charge in [0.2, 0.25) is 0 Å². The summed E-state index contributed by atoms with van der Waals surface area (Å²) in [6, 6.07) is 0. The first-order valence-electron chi connectivity index (χ1n) is 5.88. The molecule has 1 unspecified atom stereocenters. The summed E-state index contributed by atoms with van der Waals surface area (Å²) in [4.78, 5) is 0. The smallest absolute Gasteiger partial charge is 0.0690 e. The van der Waals surface area contributed by atoms with E-state index in [-0.39, 0.29) is 5.54 Å². The molecule has 0 aromatic rings. The highest BCUT2D eigenvalue weighted by Gasteiger charge is 2.09. The molecule has 0 aliphatic carbocycles. The minimum absolute atomic E-state index is 0.151. The molecule has 0 radical (unpaired) electrons. The molecule has 0 saturated carbocycles. The van der Waals surface area contributed by atoms with Gasteiger partial charge < -0.3 is 10.1 Å². The van der Waals surface area contributed by atoms with Crippen LogP contribution in [0.3, 0.4) is 0 Å². The van der Waals surface area contributed by atoms with E-state index in [1.54, 1.807) is 0 Å². The van der Waals surface area contributed by atoms with Crippen LogP contribution in [-0.2, 0) is 4.74 Å². The van der Waals surface area contributed by atoms with E-state index in [0.717, 1.165) is 18.5 Å². The summed E-state index contributed by atoms with van der Waals surface area (Å²) in [5.41, 5.74) is 1.27. The van der Waals surface area contributed by atoms with Crippen molar-refractivity contribution < 1.29 is 4.74 Å². The fraction of sp³-hybridized carbons (Fsp3) is 0.846. The molecule has 90 valence electrons. The van der Waals surface area contributed by atoms with Crippen molar-refractivity contribution in [2.45, 2.75) is 59.1 Å². The Morgan fingerprint density at radius 2 is 2.00 bits per heavy atom. The topological polar surface area (TPSA) is 21.3 Å².